The minimum atomic E-state index is -0.0997. The zero-order valence-electron chi connectivity index (χ0n) is 9.45. The highest BCUT2D eigenvalue weighted by molar-refractivity contribution is 6.33. The summed E-state index contributed by atoms with van der Waals surface area (Å²) in [4.78, 5) is 12.2. The van der Waals surface area contributed by atoms with Gasteiger partial charge in [-0.1, -0.05) is 23.8 Å². The Kier molecular flexibility index (Phi) is 2.68. The molecule has 1 aliphatic rings. The van der Waals surface area contributed by atoms with Crippen molar-refractivity contribution in [2.75, 3.05) is 12.3 Å². The first kappa shape index (κ1) is 11.4. The molecular formula is C11H11ClN5O. The average molecular weight is 265 g/mol. The van der Waals surface area contributed by atoms with Crippen LogP contribution in [-0.4, -0.2) is 26.1 Å². The van der Waals surface area contributed by atoms with Gasteiger partial charge in [0.15, 0.2) is 10.8 Å². The summed E-state index contributed by atoms with van der Waals surface area (Å²) in [6, 6.07) is 0.0827. The van der Waals surface area contributed by atoms with Gasteiger partial charge in [-0.05, 0) is 6.42 Å². The van der Waals surface area contributed by atoms with Gasteiger partial charge in [-0.2, -0.15) is 9.97 Å². The van der Waals surface area contributed by atoms with Crippen molar-refractivity contribution in [1.82, 2.24) is 19.5 Å². The molecule has 7 heteroatoms. The number of nitrogens with two attached hydrogens (primary N) is 1. The molecule has 0 saturated carbocycles. The first-order chi connectivity index (χ1) is 8.69. The summed E-state index contributed by atoms with van der Waals surface area (Å²) in [5.74, 6) is 0.193. The van der Waals surface area contributed by atoms with Gasteiger partial charge in [0.05, 0.1) is 19.0 Å². The molecule has 0 bridgehead atoms. The van der Waals surface area contributed by atoms with E-state index in [1.54, 1.807) is 6.33 Å². The van der Waals surface area contributed by atoms with Crippen LogP contribution in [0, 0.1) is 5.92 Å². The van der Waals surface area contributed by atoms with E-state index in [1.807, 2.05) is 16.7 Å². The summed E-state index contributed by atoms with van der Waals surface area (Å²) in [7, 11) is 0. The maximum Gasteiger partial charge on any atom is 0.223 e. The maximum atomic E-state index is 10.9. The van der Waals surface area contributed by atoms with Crippen molar-refractivity contribution in [3.8, 4) is 0 Å². The van der Waals surface area contributed by atoms with E-state index in [1.165, 1.54) is 0 Å². The van der Waals surface area contributed by atoms with Crippen molar-refractivity contribution in [3.63, 3.8) is 0 Å². The van der Waals surface area contributed by atoms with Crippen molar-refractivity contribution in [2.45, 2.75) is 12.5 Å². The third-order valence-electron chi connectivity index (χ3n) is 3.12. The Morgan fingerprint density at radius 1 is 1.44 bits per heavy atom. The summed E-state index contributed by atoms with van der Waals surface area (Å²) in [6.45, 7) is -0.0997. The summed E-state index contributed by atoms with van der Waals surface area (Å²) >= 11 is 5.96. The molecule has 2 heterocycles. The Balaban J connectivity index is 2.06. The lowest BCUT2D eigenvalue weighted by Crippen LogP contribution is -2.08. The van der Waals surface area contributed by atoms with Gasteiger partial charge < -0.3 is 10.3 Å². The highest BCUT2D eigenvalue weighted by Gasteiger charge is 2.22. The van der Waals surface area contributed by atoms with Crippen LogP contribution in [0.15, 0.2) is 18.5 Å². The van der Waals surface area contributed by atoms with Crippen LogP contribution >= 0.6 is 11.6 Å². The number of anilines is 1. The number of allylic oxidation sites excluding steroid dienone is 1. The zero-order valence-corrected chi connectivity index (χ0v) is 10.2. The van der Waals surface area contributed by atoms with E-state index in [0.29, 0.717) is 11.2 Å². The van der Waals surface area contributed by atoms with E-state index in [9.17, 15) is 5.11 Å². The monoisotopic (exact) mass is 264 g/mol. The molecule has 3 rings (SSSR count). The topological polar surface area (TPSA) is 89.5 Å². The molecule has 1 radical (unpaired) electrons. The van der Waals surface area contributed by atoms with E-state index in [-0.39, 0.29) is 29.7 Å². The summed E-state index contributed by atoms with van der Waals surface area (Å²) < 4.78 is 1.88. The summed E-state index contributed by atoms with van der Waals surface area (Å²) in [5, 5.41) is 11.1. The molecule has 1 aliphatic carbocycles. The van der Waals surface area contributed by atoms with Gasteiger partial charge in [0.2, 0.25) is 5.95 Å². The quantitative estimate of drug-likeness (QED) is 0.659. The molecule has 93 valence electrons. The normalized spacial score (nSPS) is 23.0. The molecule has 6 nitrogen and oxygen atoms in total. The van der Waals surface area contributed by atoms with Gasteiger partial charge in [0, 0.05) is 5.92 Å². The van der Waals surface area contributed by atoms with Crippen molar-refractivity contribution >= 4 is 28.7 Å². The third kappa shape index (κ3) is 1.74. The van der Waals surface area contributed by atoms with Crippen molar-refractivity contribution in [1.29, 1.82) is 0 Å². The number of hydrogen-bond acceptors (Lipinski definition) is 4. The average Bonchev–Trinajstić information content (AvgIpc) is 2.93. The predicted octanol–water partition coefficient (Wildman–Crippen LogP) is 1.61. The Bertz CT molecular complexity index is 623. The van der Waals surface area contributed by atoms with Crippen LogP contribution in [0.4, 0.5) is 5.95 Å². The standard InChI is InChI=1S/C11H11ClN5O/c12-9-8-10(16-11(13)15-9)17(5-14-8)7-2-1-6(3-7)4-18/h1-2,5-7H,3-4H2,(H2,13,15,16)/t6-,7+/m1/s1. The molecule has 2 aromatic rings. The second kappa shape index (κ2) is 4.22. The molecular weight excluding hydrogens is 254 g/mol. The minimum Gasteiger partial charge on any atom is -0.368 e. The number of rotatable bonds is 2. The summed E-state index contributed by atoms with van der Waals surface area (Å²) in [6.07, 6.45) is 6.36. The molecule has 0 fully saturated rings. The number of hydrogen-bond donors (Lipinski definition) is 1. The third-order valence-corrected chi connectivity index (χ3v) is 3.38. The lowest BCUT2D eigenvalue weighted by Gasteiger charge is -2.12. The fraction of sp³-hybridized carbons (Fsp3) is 0.364. The van der Waals surface area contributed by atoms with Crippen molar-refractivity contribution in [3.05, 3.63) is 23.6 Å². The number of imidazole rings is 1. The summed E-state index contributed by atoms with van der Waals surface area (Å²) in [5.41, 5.74) is 6.73. The van der Waals surface area contributed by atoms with Crippen LogP contribution in [0.2, 0.25) is 5.15 Å². The molecule has 0 aliphatic heterocycles. The smallest absolute Gasteiger partial charge is 0.223 e. The molecule has 0 saturated heterocycles. The van der Waals surface area contributed by atoms with E-state index in [0.717, 1.165) is 6.42 Å². The molecule has 2 aromatic heterocycles. The Hall–Kier alpha value is -1.66. The fourth-order valence-electron chi connectivity index (χ4n) is 2.22. The van der Waals surface area contributed by atoms with Crippen LogP contribution < -0.4 is 5.73 Å². The predicted molar refractivity (Wildman–Crippen MR) is 66.6 cm³/mol. The van der Waals surface area contributed by atoms with Crippen LogP contribution in [0.5, 0.6) is 0 Å². The van der Waals surface area contributed by atoms with E-state index >= 15 is 0 Å². The molecule has 2 atom stereocenters. The van der Waals surface area contributed by atoms with E-state index in [2.05, 4.69) is 15.0 Å². The number of aromatic nitrogens is 4. The zero-order chi connectivity index (χ0) is 12.7. The number of nitrogens with zero attached hydrogens (tertiary/aromatic N) is 4. The molecule has 0 aromatic carbocycles. The first-order valence-corrected chi connectivity index (χ1v) is 5.99. The van der Waals surface area contributed by atoms with Crippen molar-refractivity contribution < 1.29 is 5.11 Å². The van der Waals surface area contributed by atoms with E-state index in [4.69, 9.17) is 17.3 Å². The fourth-order valence-corrected chi connectivity index (χ4v) is 2.44. The molecule has 0 unspecified atom stereocenters. The first-order valence-electron chi connectivity index (χ1n) is 5.61. The largest absolute Gasteiger partial charge is 0.368 e. The Labute approximate surface area is 108 Å². The Morgan fingerprint density at radius 2 is 2.28 bits per heavy atom. The number of nitrogen functional groups attached to an aromatic ring is 1. The van der Waals surface area contributed by atoms with Gasteiger partial charge in [-0.3, -0.25) is 0 Å². The van der Waals surface area contributed by atoms with Crippen LogP contribution in [0.3, 0.4) is 0 Å². The second-order valence-corrected chi connectivity index (χ2v) is 4.67. The van der Waals surface area contributed by atoms with Gasteiger partial charge in [0.1, 0.15) is 5.52 Å². The van der Waals surface area contributed by atoms with Crippen LogP contribution in [-0.2, 0) is 5.11 Å². The molecule has 18 heavy (non-hydrogen) atoms. The maximum absolute atomic E-state index is 10.9. The van der Waals surface area contributed by atoms with Crippen LogP contribution in [0.1, 0.15) is 12.5 Å². The Morgan fingerprint density at radius 3 is 3.00 bits per heavy atom. The minimum absolute atomic E-state index is 0.0714. The lowest BCUT2D eigenvalue weighted by molar-refractivity contribution is 0.158. The van der Waals surface area contributed by atoms with Gasteiger partial charge in [0.25, 0.3) is 0 Å². The van der Waals surface area contributed by atoms with Crippen molar-refractivity contribution in [2.24, 2.45) is 5.92 Å². The van der Waals surface area contributed by atoms with Crippen LogP contribution in [0.25, 0.3) is 11.2 Å². The number of halogens is 1. The highest BCUT2D eigenvalue weighted by Crippen LogP contribution is 2.31. The lowest BCUT2D eigenvalue weighted by atomic mass is 10.1. The van der Waals surface area contributed by atoms with Gasteiger partial charge in [-0.15, -0.1) is 0 Å². The molecule has 0 spiro atoms. The highest BCUT2D eigenvalue weighted by atomic mass is 35.5. The van der Waals surface area contributed by atoms with E-state index < -0.39 is 0 Å². The van der Waals surface area contributed by atoms with Gasteiger partial charge >= 0.3 is 0 Å². The molecule has 0 amide bonds. The van der Waals surface area contributed by atoms with Gasteiger partial charge in [-0.25, -0.2) is 10.1 Å². The molecule has 2 N–H and O–H groups in total. The number of fused-ring (bicyclic) bond motifs is 1. The SMILES string of the molecule is Nc1nc(Cl)c2ncn([C@H]3C=C[C@@H](C[O])C3)c2n1. The second-order valence-electron chi connectivity index (χ2n) is 4.31.